The van der Waals surface area contributed by atoms with Crippen molar-refractivity contribution in [2.45, 2.75) is 39.3 Å². The van der Waals surface area contributed by atoms with Gasteiger partial charge in [0.25, 0.3) is 11.8 Å². The lowest BCUT2D eigenvalue weighted by Gasteiger charge is -2.32. The lowest BCUT2D eigenvalue weighted by molar-refractivity contribution is -0.115. The average molecular weight is 529 g/mol. The van der Waals surface area contributed by atoms with E-state index >= 15 is 0 Å². The molecule has 9 nitrogen and oxygen atoms in total. The molecule has 5 rings (SSSR count). The number of fused-ring (bicyclic) bond motifs is 1. The van der Waals surface area contributed by atoms with Crippen molar-refractivity contribution in [3.8, 4) is 0 Å². The van der Waals surface area contributed by atoms with E-state index in [0.29, 0.717) is 42.1 Å². The van der Waals surface area contributed by atoms with Gasteiger partial charge in [-0.2, -0.15) is 5.10 Å². The first-order chi connectivity index (χ1) is 18.8. The van der Waals surface area contributed by atoms with Crippen LogP contribution >= 0.6 is 0 Å². The molecule has 0 bridgehead atoms. The number of aromatic nitrogens is 3. The fraction of sp³-hybridized carbons (Fsp3) is 0.241. The van der Waals surface area contributed by atoms with E-state index in [9.17, 15) is 18.8 Å². The van der Waals surface area contributed by atoms with E-state index < -0.39 is 5.91 Å². The van der Waals surface area contributed by atoms with Crippen LogP contribution in [0.1, 0.15) is 64.0 Å². The average Bonchev–Trinajstić information content (AvgIpc) is 3.59. The zero-order chi connectivity index (χ0) is 27.5. The van der Waals surface area contributed by atoms with Gasteiger partial charge in [0.2, 0.25) is 5.91 Å². The highest BCUT2D eigenvalue weighted by Gasteiger charge is 2.34. The Morgan fingerprint density at radius 3 is 2.36 bits per heavy atom. The highest BCUT2D eigenvalue weighted by atomic mass is 19.1. The zero-order valence-electron chi connectivity index (χ0n) is 21.7. The number of carbonyl (C=O) groups excluding carboxylic acids is 3. The molecule has 0 aliphatic carbocycles. The van der Waals surface area contributed by atoms with E-state index in [4.69, 9.17) is 0 Å². The van der Waals surface area contributed by atoms with Crippen molar-refractivity contribution in [2.24, 2.45) is 0 Å². The quantitative estimate of drug-likeness (QED) is 0.321. The smallest absolute Gasteiger partial charge is 0.276 e. The Hall–Kier alpha value is -4.73. The number of carbonyl (C=O) groups is 3. The summed E-state index contributed by atoms with van der Waals surface area (Å²) in [6.07, 6.45) is 2.07. The van der Waals surface area contributed by atoms with Gasteiger partial charge in [-0.05, 0) is 54.1 Å². The molecule has 4 aromatic rings. The van der Waals surface area contributed by atoms with Crippen molar-refractivity contribution in [2.75, 3.05) is 17.2 Å². The summed E-state index contributed by atoms with van der Waals surface area (Å²) in [5.74, 6) is -1.08. The first kappa shape index (κ1) is 25.9. The van der Waals surface area contributed by atoms with Crippen molar-refractivity contribution in [3.63, 3.8) is 0 Å². The highest BCUT2D eigenvalue weighted by Crippen LogP contribution is 2.32. The summed E-state index contributed by atoms with van der Waals surface area (Å²) in [5, 5.41) is 10.4. The van der Waals surface area contributed by atoms with E-state index in [-0.39, 0.29) is 35.8 Å². The number of halogens is 1. The molecule has 1 unspecified atom stereocenters. The molecule has 3 heterocycles. The molecule has 3 amide bonds. The third-order valence-electron chi connectivity index (χ3n) is 6.73. The minimum Gasteiger partial charge on any atom is -0.357 e. The molecule has 3 N–H and O–H groups in total. The van der Waals surface area contributed by atoms with Crippen LogP contribution in [0.5, 0.6) is 0 Å². The molecule has 0 saturated carbocycles. The summed E-state index contributed by atoms with van der Waals surface area (Å²) in [7, 11) is 0. The van der Waals surface area contributed by atoms with Crippen molar-refractivity contribution in [3.05, 3.63) is 101 Å². The molecule has 0 radical (unpaired) electrons. The molecule has 2 aromatic heterocycles. The molecule has 1 atom stereocenters. The lowest BCUT2D eigenvalue weighted by Crippen LogP contribution is -2.38. The van der Waals surface area contributed by atoms with Crippen LogP contribution in [-0.4, -0.2) is 43.9 Å². The van der Waals surface area contributed by atoms with Crippen LogP contribution in [0, 0.1) is 5.82 Å². The van der Waals surface area contributed by atoms with Crippen LogP contribution in [0.25, 0.3) is 0 Å². The number of H-pyrrole nitrogens is 1. The molecule has 2 aromatic carbocycles. The minimum absolute atomic E-state index is 0.0939. The van der Waals surface area contributed by atoms with E-state index in [0.717, 1.165) is 11.3 Å². The van der Waals surface area contributed by atoms with Gasteiger partial charge in [0.1, 0.15) is 11.5 Å². The maximum Gasteiger partial charge on any atom is 0.276 e. The number of amides is 3. The summed E-state index contributed by atoms with van der Waals surface area (Å²) in [6, 6.07) is 16.5. The number of rotatable bonds is 7. The number of anilines is 2. The van der Waals surface area contributed by atoms with Gasteiger partial charge in [0, 0.05) is 47.7 Å². The molecular formula is C29H29FN6O3. The van der Waals surface area contributed by atoms with Crippen molar-refractivity contribution in [1.82, 2.24) is 19.7 Å². The Kier molecular flexibility index (Phi) is 7.27. The second-order valence-corrected chi connectivity index (χ2v) is 9.60. The number of hydrogen-bond donors (Lipinski definition) is 3. The number of hydrogen-bond acceptors (Lipinski definition) is 4. The van der Waals surface area contributed by atoms with E-state index in [2.05, 4.69) is 20.7 Å². The minimum atomic E-state index is -0.407. The van der Waals surface area contributed by atoms with Crippen LogP contribution in [0.4, 0.5) is 15.8 Å². The second kappa shape index (κ2) is 10.9. The van der Waals surface area contributed by atoms with Gasteiger partial charge in [-0.1, -0.05) is 26.0 Å². The van der Waals surface area contributed by atoms with Crippen LogP contribution in [0.3, 0.4) is 0 Å². The predicted molar refractivity (Wildman–Crippen MR) is 145 cm³/mol. The Balaban J connectivity index is 1.45. The van der Waals surface area contributed by atoms with Gasteiger partial charge in [0.05, 0.1) is 13.1 Å². The van der Waals surface area contributed by atoms with Crippen LogP contribution < -0.4 is 10.6 Å². The molecule has 0 spiro atoms. The lowest BCUT2D eigenvalue weighted by atomic mass is 9.95. The molecular weight excluding hydrogens is 499 g/mol. The van der Waals surface area contributed by atoms with Crippen LogP contribution in [0.15, 0.2) is 66.9 Å². The van der Waals surface area contributed by atoms with Crippen molar-refractivity contribution in [1.29, 1.82) is 0 Å². The Labute approximate surface area is 225 Å². The Morgan fingerprint density at radius 1 is 1.03 bits per heavy atom. The fourth-order valence-electron chi connectivity index (χ4n) is 4.82. The molecule has 1 aliphatic rings. The van der Waals surface area contributed by atoms with E-state index in [1.54, 1.807) is 71.2 Å². The van der Waals surface area contributed by atoms with Crippen molar-refractivity contribution < 1.29 is 18.8 Å². The van der Waals surface area contributed by atoms with E-state index in [1.165, 1.54) is 12.1 Å². The summed E-state index contributed by atoms with van der Waals surface area (Å²) >= 11 is 0. The van der Waals surface area contributed by atoms with Gasteiger partial charge in [-0.3, -0.25) is 19.1 Å². The predicted octanol–water partition coefficient (Wildman–Crippen LogP) is 4.76. The topological polar surface area (TPSA) is 112 Å². The highest BCUT2D eigenvalue weighted by molar-refractivity contribution is 6.04. The van der Waals surface area contributed by atoms with Gasteiger partial charge in [0.15, 0.2) is 5.69 Å². The second-order valence-electron chi connectivity index (χ2n) is 9.60. The van der Waals surface area contributed by atoms with Gasteiger partial charge in [-0.25, -0.2) is 4.39 Å². The molecule has 1 aliphatic heterocycles. The Bertz CT molecular complexity index is 1490. The standard InChI is InChI=1S/C29H29FN6O3/c1-3-25(37)32-21-10-12-22(13-11-21)33-28(38)26-23-17-35(29(39)24-5-4-14-31-24)15-18(2)27(23)36(34-26)16-19-6-8-20(30)9-7-19/h4-14,18,31H,3,15-17H2,1-2H3,(H,32,37)(H,33,38). The monoisotopic (exact) mass is 528 g/mol. The third-order valence-corrected chi connectivity index (χ3v) is 6.73. The molecule has 10 heteroatoms. The SMILES string of the molecule is CCC(=O)Nc1ccc(NC(=O)c2nn(Cc3ccc(F)cc3)c3c2CN(C(=O)c2ccc[nH]2)CC3C)cc1. The maximum absolute atomic E-state index is 13.5. The van der Waals surface area contributed by atoms with Crippen molar-refractivity contribution >= 4 is 29.1 Å². The molecule has 0 saturated heterocycles. The first-order valence-corrected chi connectivity index (χ1v) is 12.8. The largest absolute Gasteiger partial charge is 0.357 e. The number of nitrogens with zero attached hydrogens (tertiary/aromatic N) is 3. The van der Waals surface area contributed by atoms with Gasteiger partial charge < -0.3 is 20.5 Å². The molecule has 39 heavy (non-hydrogen) atoms. The van der Waals surface area contributed by atoms with Crippen LogP contribution in [-0.2, 0) is 17.9 Å². The van der Waals surface area contributed by atoms with Gasteiger partial charge in [-0.15, -0.1) is 0 Å². The summed E-state index contributed by atoms with van der Waals surface area (Å²) in [4.78, 5) is 43.0. The Morgan fingerprint density at radius 2 is 1.72 bits per heavy atom. The summed E-state index contributed by atoms with van der Waals surface area (Å²) in [6.45, 7) is 4.82. The third kappa shape index (κ3) is 5.59. The number of benzene rings is 2. The van der Waals surface area contributed by atoms with Gasteiger partial charge >= 0.3 is 0 Å². The van der Waals surface area contributed by atoms with Crippen LogP contribution in [0.2, 0.25) is 0 Å². The molecule has 0 fully saturated rings. The zero-order valence-corrected chi connectivity index (χ0v) is 21.7. The summed E-state index contributed by atoms with van der Waals surface area (Å²) in [5.41, 5.74) is 4.28. The van der Waals surface area contributed by atoms with E-state index in [1.807, 2.05) is 6.92 Å². The number of aromatic amines is 1. The fourth-order valence-corrected chi connectivity index (χ4v) is 4.82. The summed E-state index contributed by atoms with van der Waals surface area (Å²) < 4.78 is 15.3. The maximum atomic E-state index is 13.5. The number of nitrogens with one attached hydrogen (secondary N) is 3. The first-order valence-electron chi connectivity index (χ1n) is 12.8. The normalized spacial score (nSPS) is 14.5. The molecule has 200 valence electrons.